The summed E-state index contributed by atoms with van der Waals surface area (Å²) < 4.78 is 48.5. The highest BCUT2D eigenvalue weighted by Gasteiger charge is 2.44. The van der Waals surface area contributed by atoms with Crippen LogP contribution in [0.15, 0.2) is 40.2 Å². The van der Waals surface area contributed by atoms with E-state index in [1.807, 2.05) is 6.08 Å². The number of sulfonamides is 1. The quantitative estimate of drug-likeness (QED) is 0.837. The number of rotatable bonds is 3. The van der Waals surface area contributed by atoms with Crippen molar-refractivity contribution in [1.29, 1.82) is 0 Å². The number of fused-ring (bicyclic) bond motifs is 1. The second kappa shape index (κ2) is 6.31. The molecule has 1 saturated heterocycles. The summed E-state index contributed by atoms with van der Waals surface area (Å²) in [6, 6.07) is 4.74. The minimum atomic E-state index is -3.97. The lowest BCUT2D eigenvalue weighted by atomic mass is 9.92. The Morgan fingerprint density at radius 2 is 1.90 bits per heavy atom. The van der Waals surface area contributed by atoms with Crippen LogP contribution in [-0.2, 0) is 23.4 Å². The van der Waals surface area contributed by atoms with E-state index in [-0.39, 0.29) is 4.90 Å². The SMILES string of the molecule is [2H]C([2H])([2H])n1cc(-c2cc(S(N)(=O)=O)ccc2N2CCC3(CC2)CC3)c2c(c1=O)CC=C2. The van der Waals surface area contributed by atoms with Gasteiger partial charge in [0, 0.05) is 52.8 Å². The molecule has 1 aliphatic heterocycles. The van der Waals surface area contributed by atoms with Crippen LogP contribution in [0.1, 0.15) is 40.9 Å². The molecular formula is C22H25N3O3S. The first-order valence-corrected chi connectivity index (χ1v) is 11.4. The van der Waals surface area contributed by atoms with Gasteiger partial charge in [-0.3, -0.25) is 4.79 Å². The van der Waals surface area contributed by atoms with E-state index in [0.29, 0.717) is 34.1 Å². The smallest absolute Gasteiger partial charge is 0.254 e. The highest BCUT2D eigenvalue weighted by atomic mass is 32.2. The lowest BCUT2D eigenvalue weighted by molar-refractivity contribution is 0.384. The Bertz CT molecular complexity index is 1300. The van der Waals surface area contributed by atoms with Crippen molar-refractivity contribution in [3.8, 4) is 11.1 Å². The van der Waals surface area contributed by atoms with Gasteiger partial charge in [-0.05, 0) is 61.3 Å². The van der Waals surface area contributed by atoms with Gasteiger partial charge in [0.05, 0.1) is 4.90 Å². The highest BCUT2D eigenvalue weighted by Crippen LogP contribution is 2.54. The molecule has 5 rings (SSSR count). The van der Waals surface area contributed by atoms with Gasteiger partial charge >= 0.3 is 0 Å². The number of benzene rings is 1. The number of anilines is 1. The van der Waals surface area contributed by atoms with E-state index in [4.69, 9.17) is 9.25 Å². The van der Waals surface area contributed by atoms with Gasteiger partial charge in [0.1, 0.15) is 0 Å². The fourth-order valence-electron chi connectivity index (χ4n) is 4.66. The van der Waals surface area contributed by atoms with Gasteiger partial charge in [0.15, 0.2) is 0 Å². The average Bonchev–Trinajstić information content (AvgIpc) is 3.28. The van der Waals surface area contributed by atoms with Gasteiger partial charge in [-0.2, -0.15) is 0 Å². The van der Waals surface area contributed by atoms with Crippen molar-refractivity contribution >= 4 is 21.8 Å². The standard InChI is InChI=1S/C22H25N3O3S/c1-24-14-19(16-3-2-4-17(16)21(24)26)18-13-15(29(23,27)28)5-6-20(18)25-11-9-22(7-8-22)10-12-25/h2-3,5-6,13-14H,4,7-12H2,1H3,(H2,23,27,28)/i1D3. The molecule has 6 nitrogen and oxygen atoms in total. The normalized spacial score (nSPS) is 21.6. The zero-order valence-corrected chi connectivity index (χ0v) is 16.8. The van der Waals surface area contributed by atoms with Gasteiger partial charge < -0.3 is 9.47 Å². The molecule has 0 amide bonds. The molecule has 2 fully saturated rings. The Kier molecular flexibility index (Phi) is 3.36. The first kappa shape index (κ1) is 15.5. The van der Waals surface area contributed by atoms with E-state index in [2.05, 4.69) is 4.90 Å². The molecule has 29 heavy (non-hydrogen) atoms. The average molecular weight is 415 g/mol. The van der Waals surface area contributed by atoms with Gasteiger partial charge in [0.25, 0.3) is 5.56 Å². The summed E-state index contributed by atoms with van der Waals surface area (Å²) in [6.45, 7) is -0.956. The lowest BCUT2D eigenvalue weighted by Gasteiger charge is -2.35. The number of pyridine rings is 1. The molecule has 7 heteroatoms. The summed E-state index contributed by atoms with van der Waals surface area (Å²) in [6.07, 6.45) is 9.99. The Balaban J connectivity index is 1.72. The number of aromatic nitrogens is 1. The molecule has 2 aromatic rings. The van der Waals surface area contributed by atoms with E-state index >= 15 is 0 Å². The van der Waals surface area contributed by atoms with Crippen molar-refractivity contribution in [2.75, 3.05) is 18.0 Å². The summed E-state index contributed by atoms with van der Waals surface area (Å²) in [4.78, 5) is 15.0. The predicted molar refractivity (Wildman–Crippen MR) is 114 cm³/mol. The van der Waals surface area contributed by atoms with E-state index in [1.165, 1.54) is 31.2 Å². The van der Waals surface area contributed by atoms with E-state index < -0.39 is 22.6 Å². The monoisotopic (exact) mass is 414 g/mol. The van der Waals surface area contributed by atoms with Crippen molar-refractivity contribution < 1.29 is 12.5 Å². The van der Waals surface area contributed by atoms with Crippen molar-refractivity contribution in [1.82, 2.24) is 4.57 Å². The van der Waals surface area contributed by atoms with E-state index in [0.717, 1.165) is 36.2 Å². The number of nitrogens with two attached hydrogens (primary N) is 1. The molecule has 1 spiro atoms. The number of aryl methyl sites for hydroxylation is 1. The third-order valence-electron chi connectivity index (χ3n) is 6.67. The molecule has 1 aromatic carbocycles. The van der Waals surface area contributed by atoms with Crippen LogP contribution >= 0.6 is 0 Å². The van der Waals surface area contributed by atoms with Crippen LogP contribution < -0.4 is 15.6 Å². The number of hydrogen-bond acceptors (Lipinski definition) is 4. The number of allylic oxidation sites excluding steroid dienone is 1. The molecule has 1 aromatic heterocycles. The van der Waals surface area contributed by atoms with Crippen LogP contribution in [-0.4, -0.2) is 26.1 Å². The Labute approximate surface area is 174 Å². The molecule has 0 atom stereocenters. The van der Waals surface area contributed by atoms with Gasteiger partial charge in [-0.15, -0.1) is 0 Å². The van der Waals surface area contributed by atoms with Crippen LogP contribution in [0.4, 0.5) is 5.69 Å². The van der Waals surface area contributed by atoms with Gasteiger partial charge in [0.2, 0.25) is 10.0 Å². The van der Waals surface area contributed by atoms with Crippen LogP contribution in [0.2, 0.25) is 0 Å². The first-order valence-electron chi connectivity index (χ1n) is 11.4. The molecular weight excluding hydrogens is 386 g/mol. The molecule has 0 bridgehead atoms. The number of hydrogen-bond donors (Lipinski definition) is 1. The van der Waals surface area contributed by atoms with Crippen molar-refractivity contribution in [2.45, 2.75) is 37.0 Å². The molecule has 0 radical (unpaired) electrons. The largest absolute Gasteiger partial charge is 0.371 e. The molecule has 2 aliphatic carbocycles. The summed E-state index contributed by atoms with van der Waals surface area (Å²) in [5.41, 5.74) is 2.88. The minimum absolute atomic E-state index is 0.0470. The van der Waals surface area contributed by atoms with Gasteiger partial charge in [-0.25, -0.2) is 13.6 Å². The number of primary sulfonamides is 1. The predicted octanol–water partition coefficient (Wildman–Crippen LogP) is 2.65. The van der Waals surface area contributed by atoms with E-state index in [9.17, 15) is 13.2 Å². The number of piperidine rings is 1. The molecule has 152 valence electrons. The molecule has 0 unspecified atom stereocenters. The zero-order valence-electron chi connectivity index (χ0n) is 19.0. The van der Waals surface area contributed by atoms with Crippen molar-refractivity contribution in [3.05, 3.63) is 52.0 Å². The van der Waals surface area contributed by atoms with E-state index in [1.54, 1.807) is 12.1 Å². The third-order valence-corrected chi connectivity index (χ3v) is 7.58. The summed E-state index contributed by atoms with van der Waals surface area (Å²) >= 11 is 0. The molecule has 1 saturated carbocycles. The maximum atomic E-state index is 12.8. The van der Waals surface area contributed by atoms with Crippen LogP contribution in [0, 0.1) is 5.41 Å². The summed E-state index contributed by atoms with van der Waals surface area (Å²) in [5, 5.41) is 5.41. The minimum Gasteiger partial charge on any atom is -0.371 e. The molecule has 2 N–H and O–H groups in total. The Morgan fingerprint density at radius 3 is 2.55 bits per heavy atom. The van der Waals surface area contributed by atoms with Crippen molar-refractivity contribution in [2.24, 2.45) is 17.5 Å². The van der Waals surface area contributed by atoms with Crippen LogP contribution in [0.3, 0.4) is 0 Å². The molecule has 2 heterocycles. The molecule has 3 aliphatic rings. The topological polar surface area (TPSA) is 85.4 Å². The van der Waals surface area contributed by atoms with Crippen LogP contribution in [0.25, 0.3) is 17.2 Å². The maximum absolute atomic E-state index is 12.8. The van der Waals surface area contributed by atoms with Gasteiger partial charge in [-0.1, -0.05) is 12.2 Å². The fraction of sp³-hybridized carbons (Fsp3) is 0.409. The second-order valence-corrected chi connectivity index (χ2v) is 9.99. The third kappa shape index (κ3) is 3.13. The van der Waals surface area contributed by atoms with Crippen LogP contribution in [0.5, 0.6) is 0 Å². The Morgan fingerprint density at radius 1 is 1.14 bits per heavy atom. The highest BCUT2D eigenvalue weighted by molar-refractivity contribution is 7.89. The summed E-state index contributed by atoms with van der Waals surface area (Å²) in [7, 11) is -3.97. The number of nitrogens with zero attached hydrogens (tertiary/aromatic N) is 2. The summed E-state index contributed by atoms with van der Waals surface area (Å²) in [5.74, 6) is 0. The fourth-order valence-corrected chi connectivity index (χ4v) is 5.20. The zero-order chi connectivity index (χ0) is 22.9. The maximum Gasteiger partial charge on any atom is 0.254 e. The first-order chi connectivity index (χ1) is 15.0. The lowest BCUT2D eigenvalue weighted by Crippen LogP contribution is -2.34. The second-order valence-electron chi connectivity index (χ2n) is 8.43. The van der Waals surface area contributed by atoms with Crippen molar-refractivity contribution in [3.63, 3.8) is 0 Å². The Hall–Kier alpha value is -2.38.